The SMILES string of the molecule is CCc1nn(CC)c(Cn2cccc(C)c2=O)c1Cl. The Bertz CT molecular complexity index is 643. The van der Waals surface area contributed by atoms with Gasteiger partial charge in [-0.25, -0.2) is 0 Å². The first-order chi connectivity index (χ1) is 9.08. The van der Waals surface area contributed by atoms with Crippen LogP contribution in [-0.2, 0) is 19.5 Å². The van der Waals surface area contributed by atoms with Crippen LogP contribution >= 0.6 is 11.6 Å². The Hall–Kier alpha value is -1.55. The number of halogens is 1. The molecule has 0 atom stereocenters. The van der Waals surface area contributed by atoms with Gasteiger partial charge in [-0.05, 0) is 26.3 Å². The first-order valence-corrected chi connectivity index (χ1v) is 6.86. The summed E-state index contributed by atoms with van der Waals surface area (Å²) in [6, 6.07) is 3.69. The Balaban J connectivity index is 2.46. The highest BCUT2D eigenvalue weighted by molar-refractivity contribution is 6.31. The number of aryl methyl sites for hydroxylation is 3. The Morgan fingerprint density at radius 1 is 1.37 bits per heavy atom. The first-order valence-electron chi connectivity index (χ1n) is 6.48. The van der Waals surface area contributed by atoms with E-state index in [2.05, 4.69) is 5.10 Å². The zero-order valence-electron chi connectivity index (χ0n) is 11.5. The maximum Gasteiger partial charge on any atom is 0.253 e. The van der Waals surface area contributed by atoms with Gasteiger partial charge in [0, 0.05) is 18.3 Å². The molecular formula is C14H18ClN3O. The van der Waals surface area contributed by atoms with Crippen LogP contribution in [0.3, 0.4) is 0 Å². The van der Waals surface area contributed by atoms with Gasteiger partial charge in [0.15, 0.2) is 0 Å². The van der Waals surface area contributed by atoms with Crippen molar-refractivity contribution in [2.75, 3.05) is 0 Å². The minimum Gasteiger partial charge on any atom is -0.309 e. The molecule has 0 aliphatic rings. The summed E-state index contributed by atoms with van der Waals surface area (Å²) < 4.78 is 3.54. The fourth-order valence-corrected chi connectivity index (χ4v) is 2.44. The molecule has 0 radical (unpaired) electrons. The van der Waals surface area contributed by atoms with E-state index in [1.54, 1.807) is 10.8 Å². The van der Waals surface area contributed by atoms with Gasteiger partial charge in [-0.15, -0.1) is 0 Å². The van der Waals surface area contributed by atoms with Gasteiger partial charge in [0.25, 0.3) is 5.56 Å². The van der Waals surface area contributed by atoms with E-state index in [-0.39, 0.29) is 5.56 Å². The molecule has 5 heteroatoms. The van der Waals surface area contributed by atoms with Crippen molar-refractivity contribution < 1.29 is 0 Å². The minimum absolute atomic E-state index is 0.0143. The summed E-state index contributed by atoms with van der Waals surface area (Å²) in [6.07, 6.45) is 2.58. The van der Waals surface area contributed by atoms with E-state index in [1.165, 1.54) is 0 Å². The van der Waals surface area contributed by atoms with E-state index in [1.807, 2.05) is 37.6 Å². The molecule has 0 fully saturated rings. The Kier molecular flexibility index (Phi) is 4.10. The van der Waals surface area contributed by atoms with Gasteiger partial charge in [0.2, 0.25) is 0 Å². The molecule has 102 valence electrons. The third-order valence-electron chi connectivity index (χ3n) is 3.22. The van der Waals surface area contributed by atoms with Crippen LogP contribution in [0.25, 0.3) is 0 Å². The average molecular weight is 280 g/mol. The molecular weight excluding hydrogens is 262 g/mol. The van der Waals surface area contributed by atoms with Gasteiger partial charge in [0.1, 0.15) is 0 Å². The molecule has 2 aromatic heterocycles. The summed E-state index contributed by atoms with van der Waals surface area (Å²) in [6.45, 7) is 7.06. The van der Waals surface area contributed by atoms with Crippen molar-refractivity contribution >= 4 is 11.6 Å². The number of hydrogen-bond acceptors (Lipinski definition) is 2. The van der Waals surface area contributed by atoms with Crippen LogP contribution in [0.2, 0.25) is 5.02 Å². The van der Waals surface area contributed by atoms with E-state index in [0.717, 1.165) is 29.9 Å². The predicted octanol–water partition coefficient (Wildman–Crippen LogP) is 2.64. The summed E-state index contributed by atoms with van der Waals surface area (Å²) in [4.78, 5) is 12.1. The van der Waals surface area contributed by atoms with Crippen LogP contribution in [0.1, 0.15) is 30.8 Å². The topological polar surface area (TPSA) is 39.8 Å². The van der Waals surface area contributed by atoms with E-state index in [4.69, 9.17) is 11.6 Å². The van der Waals surface area contributed by atoms with Crippen LogP contribution in [0, 0.1) is 6.92 Å². The molecule has 0 spiro atoms. The van der Waals surface area contributed by atoms with Crippen LogP contribution < -0.4 is 5.56 Å². The molecule has 0 saturated heterocycles. The molecule has 0 N–H and O–H groups in total. The molecule has 0 bridgehead atoms. The van der Waals surface area contributed by atoms with Crippen molar-refractivity contribution in [1.82, 2.24) is 14.3 Å². The molecule has 0 aliphatic carbocycles. The molecule has 2 heterocycles. The van der Waals surface area contributed by atoms with Gasteiger partial charge in [0.05, 0.1) is 23.0 Å². The number of nitrogens with zero attached hydrogens (tertiary/aromatic N) is 3. The summed E-state index contributed by atoms with van der Waals surface area (Å²) in [5, 5.41) is 5.14. The maximum absolute atomic E-state index is 12.1. The maximum atomic E-state index is 12.1. The molecule has 0 amide bonds. The van der Waals surface area contributed by atoms with Crippen molar-refractivity contribution in [3.63, 3.8) is 0 Å². The van der Waals surface area contributed by atoms with Crippen molar-refractivity contribution in [1.29, 1.82) is 0 Å². The Morgan fingerprint density at radius 3 is 2.74 bits per heavy atom. The zero-order valence-corrected chi connectivity index (χ0v) is 12.2. The number of rotatable bonds is 4. The van der Waals surface area contributed by atoms with Crippen molar-refractivity contribution in [3.8, 4) is 0 Å². The number of hydrogen-bond donors (Lipinski definition) is 0. The highest BCUT2D eigenvalue weighted by atomic mass is 35.5. The molecule has 19 heavy (non-hydrogen) atoms. The van der Waals surface area contributed by atoms with Crippen LogP contribution in [-0.4, -0.2) is 14.3 Å². The largest absolute Gasteiger partial charge is 0.309 e. The summed E-state index contributed by atoms with van der Waals surface area (Å²) in [5.74, 6) is 0. The van der Waals surface area contributed by atoms with Gasteiger partial charge in [-0.2, -0.15) is 5.10 Å². The van der Waals surface area contributed by atoms with Crippen molar-refractivity contribution in [3.05, 3.63) is 50.7 Å². The highest BCUT2D eigenvalue weighted by Crippen LogP contribution is 2.22. The average Bonchev–Trinajstić information content (AvgIpc) is 2.71. The quantitative estimate of drug-likeness (QED) is 0.863. The van der Waals surface area contributed by atoms with E-state index in [0.29, 0.717) is 11.6 Å². The second-order valence-electron chi connectivity index (χ2n) is 4.50. The standard InChI is InChI=1S/C14H18ClN3O/c1-4-11-13(15)12(18(5-2)16-11)9-17-8-6-7-10(3)14(17)19/h6-8H,4-5,9H2,1-3H3. The molecule has 4 nitrogen and oxygen atoms in total. The predicted molar refractivity (Wildman–Crippen MR) is 76.8 cm³/mol. The molecule has 0 aliphatic heterocycles. The van der Waals surface area contributed by atoms with Crippen molar-refractivity contribution in [2.24, 2.45) is 0 Å². The van der Waals surface area contributed by atoms with E-state index in [9.17, 15) is 4.79 Å². The number of aromatic nitrogens is 3. The molecule has 0 saturated carbocycles. The van der Waals surface area contributed by atoms with E-state index >= 15 is 0 Å². The lowest BCUT2D eigenvalue weighted by Crippen LogP contribution is -2.23. The first kappa shape index (κ1) is 13.9. The second kappa shape index (κ2) is 5.61. The minimum atomic E-state index is 0.0143. The molecule has 0 aromatic carbocycles. The zero-order chi connectivity index (χ0) is 14.0. The smallest absolute Gasteiger partial charge is 0.253 e. The lowest BCUT2D eigenvalue weighted by atomic mass is 10.2. The Labute approximate surface area is 117 Å². The van der Waals surface area contributed by atoms with Crippen LogP contribution in [0.15, 0.2) is 23.1 Å². The fraction of sp³-hybridized carbons (Fsp3) is 0.429. The summed E-state index contributed by atoms with van der Waals surface area (Å²) >= 11 is 6.35. The normalized spacial score (nSPS) is 10.9. The third-order valence-corrected chi connectivity index (χ3v) is 3.66. The summed E-state index contributed by atoms with van der Waals surface area (Å²) in [7, 11) is 0. The number of pyridine rings is 1. The van der Waals surface area contributed by atoms with Crippen LogP contribution in [0.4, 0.5) is 0 Å². The van der Waals surface area contributed by atoms with Gasteiger partial charge >= 0.3 is 0 Å². The van der Waals surface area contributed by atoms with Gasteiger partial charge in [-0.3, -0.25) is 9.48 Å². The summed E-state index contributed by atoms with van der Waals surface area (Å²) in [5.41, 5.74) is 2.53. The van der Waals surface area contributed by atoms with E-state index < -0.39 is 0 Å². The third kappa shape index (κ3) is 2.59. The Morgan fingerprint density at radius 2 is 2.11 bits per heavy atom. The molecule has 0 unspecified atom stereocenters. The molecule has 2 rings (SSSR count). The highest BCUT2D eigenvalue weighted by Gasteiger charge is 2.15. The van der Waals surface area contributed by atoms with Gasteiger partial charge < -0.3 is 4.57 Å². The second-order valence-corrected chi connectivity index (χ2v) is 4.88. The van der Waals surface area contributed by atoms with Crippen LogP contribution in [0.5, 0.6) is 0 Å². The fourth-order valence-electron chi connectivity index (χ4n) is 2.11. The van der Waals surface area contributed by atoms with Gasteiger partial charge in [-0.1, -0.05) is 24.6 Å². The lowest BCUT2D eigenvalue weighted by molar-refractivity contribution is 0.589. The monoisotopic (exact) mass is 279 g/mol. The van der Waals surface area contributed by atoms with Crippen molar-refractivity contribution in [2.45, 2.75) is 40.3 Å². The lowest BCUT2D eigenvalue weighted by Gasteiger charge is -2.08. The molecule has 2 aromatic rings.